The quantitative estimate of drug-likeness (QED) is 0.315. The predicted octanol–water partition coefficient (Wildman–Crippen LogP) is 4.78. The maximum atomic E-state index is 13.1. The van der Waals surface area contributed by atoms with E-state index in [4.69, 9.17) is 4.42 Å². The molecule has 0 atom stereocenters. The second-order valence-electron chi connectivity index (χ2n) is 9.35. The third-order valence-corrected chi connectivity index (χ3v) is 8.03. The van der Waals surface area contributed by atoms with Crippen LogP contribution in [0.4, 0.5) is 5.69 Å². The molecule has 3 aromatic carbocycles. The van der Waals surface area contributed by atoms with Crippen molar-refractivity contribution >= 4 is 43.5 Å². The van der Waals surface area contributed by atoms with Gasteiger partial charge in [-0.3, -0.25) is 9.10 Å². The molecule has 1 amide bonds. The molecule has 0 aliphatic rings. The SMILES string of the molecule is CNC(=O)c1c(-c2ccc(C)cc2)oc2cc(N(C)S(C)(=O)=O)c(-c3ccc4ccn(CCO)c4c3)cc12. The number of nitrogens with one attached hydrogen (secondary N) is 1. The molecule has 0 aliphatic carbocycles. The molecule has 9 heteroatoms. The fraction of sp³-hybridized carbons (Fsp3) is 0.207. The monoisotopic (exact) mass is 531 g/mol. The molecule has 0 spiro atoms. The van der Waals surface area contributed by atoms with Crippen LogP contribution in [-0.2, 0) is 16.6 Å². The van der Waals surface area contributed by atoms with E-state index in [0.717, 1.165) is 33.8 Å². The molecule has 5 aromatic rings. The van der Waals surface area contributed by atoms with E-state index in [1.54, 1.807) is 13.1 Å². The van der Waals surface area contributed by atoms with Crippen LogP contribution in [0.25, 0.3) is 44.3 Å². The van der Waals surface area contributed by atoms with Crippen LogP contribution in [0.2, 0.25) is 0 Å². The van der Waals surface area contributed by atoms with Crippen molar-refractivity contribution < 1.29 is 22.7 Å². The summed E-state index contributed by atoms with van der Waals surface area (Å²) in [5.41, 5.74) is 5.33. The molecule has 8 nitrogen and oxygen atoms in total. The number of aliphatic hydroxyl groups excluding tert-OH is 1. The lowest BCUT2D eigenvalue weighted by atomic mass is 9.97. The van der Waals surface area contributed by atoms with Gasteiger partial charge in [0.05, 0.1) is 24.1 Å². The van der Waals surface area contributed by atoms with Gasteiger partial charge < -0.3 is 19.4 Å². The van der Waals surface area contributed by atoms with Crippen LogP contribution in [0.1, 0.15) is 15.9 Å². The normalized spacial score (nSPS) is 11.8. The van der Waals surface area contributed by atoms with Crippen LogP contribution in [0.5, 0.6) is 0 Å². The van der Waals surface area contributed by atoms with Gasteiger partial charge in [-0.25, -0.2) is 8.42 Å². The Kier molecular flexibility index (Phi) is 6.50. The number of aliphatic hydroxyl groups is 1. The molecule has 5 rings (SSSR count). The van der Waals surface area contributed by atoms with Crippen molar-refractivity contribution in [2.24, 2.45) is 0 Å². The smallest absolute Gasteiger partial charge is 0.255 e. The number of aryl methyl sites for hydroxylation is 1. The Morgan fingerprint density at radius 2 is 1.76 bits per heavy atom. The van der Waals surface area contributed by atoms with Crippen molar-refractivity contribution in [3.8, 4) is 22.5 Å². The van der Waals surface area contributed by atoms with E-state index >= 15 is 0 Å². The summed E-state index contributed by atoms with van der Waals surface area (Å²) < 4.78 is 34.7. The highest BCUT2D eigenvalue weighted by atomic mass is 32.2. The van der Waals surface area contributed by atoms with Gasteiger partial charge in [0.1, 0.15) is 11.3 Å². The molecule has 2 aromatic heterocycles. The van der Waals surface area contributed by atoms with Gasteiger partial charge in [-0.1, -0.05) is 42.0 Å². The lowest BCUT2D eigenvalue weighted by Gasteiger charge is -2.21. The van der Waals surface area contributed by atoms with Gasteiger partial charge in [0, 0.05) is 54.9 Å². The molecule has 0 saturated carbocycles. The molecule has 0 bridgehead atoms. The average Bonchev–Trinajstić information content (AvgIpc) is 3.47. The minimum atomic E-state index is -3.61. The summed E-state index contributed by atoms with van der Waals surface area (Å²) in [4.78, 5) is 13.1. The number of furan rings is 1. The maximum absolute atomic E-state index is 13.1. The number of anilines is 1. The second kappa shape index (κ2) is 9.66. The second-order valence-corrected chi connectivity index (χ2v) is 11.4. The Labute approximate surface area is 221 Å². The number of carbonyl (C=O) groups is 1. The lowest BCUT2D eigenvalue weighted by molar-refractivity contribution is 0.0964. The average molecular weight is 532 g/mol. The molecule has 0 saturated heterocycles. The fourth-order valence-corrected chi connectivity index (χ4v) is 5.22. The highest BCUT2D eigenvalue weighted by Gasteiger charge is 2.26. The minimum absolute atomic E-state index is 0.00563. The van der Waals surface area contributed by atoms with E-state index in [1.165, 1.54) is 11.4 Å². The topological polar surface area (TPSA) is 105 Å². The number of nitrogens with zero attached hydrogens (tertiary/aromatic N) is 2. The molecule has 0 unspecified atom stereocenters. The van der Waals surface area contributed by atoms with Crippen LogP contribution in [0.3, 0.4) is 0 Å². The zero-order valence-corrected chi connectivity index (χ0v) is 22.5. The number of hydrogen-bond acceptors (Lipinski definition) is 5. The first-order valence-corrected chi connectivity index (χ1v) is 14.0. The molecular formula is C29H29N3O5S. The van der Waals surface area contributed by atoms with Gasteiger partial charge in [0.25, 0.3) is 5.91 Å². The number of hydrogen-bond donors (Lipinski definition) is 2. The Bertz CT molecular complexity index is 1780. The molecule has 0 fully saturated rings. The zero-order valence-electron chi connectivity index (χ0n) is 21.6. The molecule has 38 heavy (non-hydrogen) atoms. The van der Waals surface area contributed by atoms with Crippen LogP contribution in [-0.4, -0.2) is 51.0 Å². The third kappa shape index (κ3) is 4.44. The first kappa shape index (κ1) is 25.6. The molecule has 196 valence electrons. The molecule has 0 aliphatic heterocycles. The molecule has 2 N–H and O–H groups in total. The summed E-state index contributed by atoms with van der Waals surface area (Å²) in [6, 6.07) is 19.0. The molecule has 2 heterocycles. The highest BCUT2D eigenvalue weighted by molar-refractivity contribution is 7.92. The Hall–Kier alpha value is -4.08. The Balaban J connectivity index is 1.83. The van der Waals surface area contributed by atoms with Crippen molar-refractivity contribution in [1.82, 2.24) is 9.88 Å². The number of carbonyl (C=O) groups excluding carboxylic acids is 1. The van der Waals surface area contributed by atoms with Crippen LogP contribution < -0.4 is 9.62 Å². The van der Waals surface area contributed by atoms with Crippen molar-refractivity contribution in [3.05, 3.63) is 78.0 Å². The number of sulfonamides is 1. The van der Waals surface area contributed by atoms with Gasteiger partial charge in [0.2, 0.25) is 10.0 Å². The summed E-state index contributed by atoms with van der Waals surface area (Å²) in [6.45, 7) is 2.41. The first-order chi connectivity index (χ1) is 18.1. The number of fused-ring (bicyclic) bond motifs is 2. The standard InChI is InChI=1S/C29H29N3O5S/c1-18-5-7-20(8-6-18)28-27(29(34)30-2)23-16-22(25(17-26(23)37-28)31(3)38(4,35)36)21-10-9-19-11-12-32(13-14-33)24(19)15-21/h5-12,15-17,33H,13-14H2,1-4H3,(H,30,34). The van der Waals surface area contributed by atoms with Crippen molar-refractivity contribution in [3.63, 3.8) is 0 Å². The minimum Gasteiger partial charge on any atom is -0.455 e. The molecule has 0 radical (unpaired) electrons. The molecular weight excluding hydrogens is 502 g/mol. The number of benzene rings is 3. The summed E-state index contributed by atoms with van der Waals surface area (Å²) >= 11 is 0. The van der Waals surface area contributed by atoms with Crippen LogP contribution in [0.15, 0.2) is 71.3 Å². The largest absolute Gasteiger partial charge is 0.455 e. The Morgan fingerprint density at radius 3 is 2.42 bits per heavy atom. The number of aromatic nitrogens is 1. The first-order valence-electron chi connectivity index (χ1n) is 12.2. The summed E-state index contributed by atoms with van der Waals surface area (Å²) in [5, 5.41) is 13.8. The van der Waals surface area contributed by atoms with E-state index < -0.39 is 10.0 Å². The number of rotatable bonds is 7. The van der Waals surface area contributed by atoms with Crippen LogP contribution in [0, 0.1) is 6.92 Å². The lowest BCUT2D eigenvalue weighted by Crippen LogP contribution is -2.25. The maximum Gasteiger partial charge on any atom is 0.255 e. The summed E-state index contributed by atoms with van der Waals surface area (Å²) in [6.07, 6.45) is 3.05. The summed E-state index contributed by atoms with van der Waals surface area (Å²) in [7, 11) is -0.549. The van der Waals surface area contributed by atoms with E-state index in [1.807, 2.05) is 72.3 Å². The summed E-state index contributed by atoms with van der Waals surface area (Å²) in [5.74, 6) is 0.110. The fourth-order valence-electron chi connectivity index (χ4n) is 4.72. The van der Waals surface area contributed by atoms with E-state index in [-0.39, 0.29) is 12.5 Å². The van der Waals surface area contributed by atoms with Gasteiger partial charge >= 0.3 is 0 Å². The van der Waals surface area contributed by atoms with Crippen molar-refractivity contribution in [2.75, 3.05) is 31.3 Å². The number of amides is 1. The zero-order chi connectivity index (χ0) is 27.2. The van der Waals surface area contributed by atoms with E-state index in [2.05, 4.69) is 5.32 Å². The van der Waals surface area contributed by atoms with Gasteiger partial charge in [-0.2, -0.15) is 0 Å². The van der Waals surface area contributed by atoms with Gasteiger partial charge in [-0.05, 0) is 36.1 Å². The predicted molar refractivity (Wildman–Crippen MR) is 151 cm³/mol. The van der Waals surface area contributed by atoms with E-state index in [0.29, 0.717) is 40.1 Å². The Morgan fingerprint density at radius 1 is 1.05 bits per heavy atom. The van der Waals surface area contributed by atoms with E-state index in [9.17, 15) is 18.3 Å². The third-order valence-electron chi connectivity index (χ3n) is 6.84. The van der Waals surface area contributed by atoms with Gasteiger partial charge in [-0.15, -0.1) is 0 Å². The van der Waals surface area contributed by atoms with Crippen molar-refractivity contribution in [1.29, 1.82) is 0 Å². The van der Waals surface area contributed by atoms with Crippen LogP contribution >= 0.6 is 0 Å². The van der Waals surface area contributed by atoms with Gasteiger partial charge in [0.15, 0.2) is 0 Å². The highest BCUT2D eigenvalue weighted by Crippen LogP contribution is 2.42. The van der Waals surface area contributed by atoms with Crippen molar-refractivity contribution in [2.45, 2.75) is 13.5 Å².